The number of fused-ring (bicyclic) bond motifs is 2. The van der Waals surface area contributed by atoms with Crippen LogP contribution in [0.15, 0.2) is 35.4 Å². The molecule has 0 aliphatic carbocycles. The summed E-state index contributed by atoms with van der Waals surface area (Å²) < 4.78 is 1.25. The molecule has 19 heavy (non-hydrogen) atoms. The molecule has 6 heteroatoms. The van der Waals surface area contributed by atoms with E-state index in [2.05, 4.69) is 9.97 Å². The molecule has 3 heterocycles. The van der Waals surface area contributed by atoms with Gasteiger partial charge >= 0.3 is 5.97 Å². The van der Waals surface area contributed by atoms with E-state index >= 15 is 0 Å². The lowest BCUT2D eigenvalue weighted by molar-refractivity contribution is 0.0698. The summed E-state index contributed by atoms with van der Waals surface area (Å²) in [5.74, 6) is -1.12. The molecular formula is C13H9N3O3. The zero-order valence-corrected chi connectivity index (χ0v) is 9.99. The van der Waals surface area contributed by atoms with Crippen LogP contribution in [0.3, 0.4) is 0 Å². The van der Waals surface area contributed by atoms with Crippen molar-refractivity contribution in [1.82, 2.24) is 14.5 Å². The molecule has 0 unspecified atom stereocenters. The largest absolute Gasteiger partial charge is 0.478 e. The maximum absolute atomic E-state index is 12.1. The van der Waals surface area contributed by atoms with Gasteiger partial charge in [-0.3, -0.25) is 4.79 Å². The van der Waals surface area contributed by atoms with Gasteiger partial charge in [0.25, 0.3) is 5.56 Å². The monoisotopic (exact) mass is 255 g/mol. The number of nitrogens with zero attached hydrogens (tertiary/aromatic N) is 3. The van der Waals surface area contributed by atoms with Crippen molar-refractivity contribution in [2.45, 2.75) is 0 Å². The second kappa shape index (κ2) is 3.88. The minimum Gasteiger partial charge on any atom is -0.478 e. The van der Waals surface area contributed by atoms with E-state index in [4.69, 9.17) is 0 Å². The Labute approximate surface area is 107 Å². The third kappa shape index (κ3) is 1.65. The minimum absolute atomic E-state index is 0.00958. The Bertz CT molecular complexity index is 883. The molecule has 0 bridgehead atoms. The first kappa shape index (κ1) is 11.3. The molecule has 0 spiro atoms. The first-order chi connectivity index (χ1) is 9.08. The van der Waals surface area contributed by atoms with E-state index in [0.717, 1.165) is 0 Å². The molecule has 3 aromatic rings. The highest BCUT2D eigenvalue weighted by Gasteiger charge is 2.15. The Hall–Kier alpha value is -2.76. The standard InChI is InChI=1S/C13H9N3O3/c1-16-6-9(13(18)19)10-8(12(16)17)5-7-3-2-4-14-11(7)15-10/h2-6H,1H3,(H,18,19). The first-order valence-electron chi connectivity index (χ1n) is 5.56. The number of rotatable bonds is 1. The van der Waals surface area contributed by atoms with Crippen LogP contribution < -0.4 is 5.56 Å². The first-order valence-corrected chi connectivity index (χ1v) is 5.56. The summed E-state index contributed by atoms with van der Waals surface area (Å²) in [5, 5.41) is 10.2. The van der Waals surface area contributed by atoms with Crippen molar-refractivity contribution in [2.75, 3.05) is 0 Å². The Morgan fingerprint density at radius 2 is 2.21 bits per heavy atom. The SMILES string of the molecule is Cn1cc(C(=O)O)c2nc3ncccc3cc2c1=O. The maximum Gasteiger partial charge on any atom is 0.339 e. The number of carboxylic acids is 1. The highest BCUT2D eigenvalue weighted by molar-refractivity contribution is 6.03. The lowest BCUT2D eigenvalue weighted by Gasteiger charge is -2.06. The van der Waals surface area contributed by atoms with E-state index in [0.29, 0.717) is 11.0 Å². The lowest BCUT2D eigenvalue weighted by atomic mass is 10.1. The molecule has 94 valence electrons. The van der Waals surface area contributed by atoms with Gasteiger partial charge < -0.3 is 9.67 Å². The zero-order chi connectivity index (χ0) is 13.6. The number of carbonyl (C=O) groups is 1. The summed E-state index contributed by atoms with van der Waals surface area (Å²) in [6.45, 7) is 0. The van der Waals surface area contributed by atoms with Crippen LogP contribution in [0.5, 0.6) is 0 Å². The topological polar surface area (TPSA) is 85.1 Å². The number of aromatic carboxylic acids is 1. The Morgan fingerprint density at radius 1 is 1.42 bits per heavy atom. The molecule has 0 saturated heterocycles. The second-order valence-electron chi connectivity index (χ2n) is 4.20. The fourth-order valence-electron chi connectivity index (χ4n) is 2.03. The predicted molar refractivity (Wildman–Crippen MR) is 69.2 cm³/mol. The van der Waals surface area contributed by atoms with Gasteiger partial charge in [-0.15, -0.1) is 0 Å². The van der Waals surface area contributed by atoms with Crippen LogP contribution in [0, 0.1) is 0 Å². The van der Waals surface area contributed by atoms with Gasteiger partial charge in [0.2, 0.25) is 0 Å². The van der Waals surface area contributed by atoms with Crippen LogP contribution in [-0.4, -0.2) is 25.6 Å². The van der Waals surface area contributed by atoms with Crippen molar-refractivity contribution < 1.29 is 9.90 Å². The summed E-state index contributed by atoms with van der Waals surface area (Å²) in [5.41, 5.74) is 0.301. The molecule has 0 atom stereocenters. The van der Waals surface area contributed by atoms with Crippen molar-refractivity contribution in [1.29, 1.82) is 0 Å². The Balaban J connectivity index is 2.59. The molecule has 0 amide bonds. The van der Waals surface area contributed by atoms with Crippen LogP contribution in [0.2, 0.25) is 0 Å². The van der Waals surface area contributed by atoms with Crippen molar-refractivity contribution in [2.24, 2.45) is 7.05 Å². The van der Waals surface area contributed by atoms with Gasteiger partial charge in [0.15, 0.2) is 5.65 Å². The molecule has 0 aliphatic heterocycles. The number of aromatic nitrogens is 3. The highest BCUT2D eigenvalue weighted by atomic mass is 16.4. The Kier molecular flexibility index (Phi) is 2.31. The van der Waals surface area contributed by atoms with Crippen LogP contribution in [0.4, 0.5) is 0 Å². The summed E-state index contributed by atoms with van der Waals surface area (Å²) in [7, 11) is 1.52. The molecule has 0 radical (unpaired) electrons. The maximum atomic E-state index is 12.1. The smallest absolute Gasteiger partial charge is 0.339 e. The third-order valence-electron chi connectivity index (χ3n) is 2.95. The van der Waals surface area contributed by atoms with Crippen LogP contribution >= 0.6 is 0 Å². The van der Waals surface area contributed by atoms with Gasteiger partial charge in [0.05, 0.1) is 10.9 Å². The quantitative estimate of drug-likeness (QED) is 0.660. The zero-order valence-electron chi connectivity index (χ0n) is 9.99. The number of hydrogen-bond donors (Lipinski definition) is 1. The van der Waals surface area contributed by atoms with Crippen molar-refractivity contribution in [3.05, 3.63) is 46.5 Å². The fraction of sp³-hybridized carbons (Fsp3) is 0.0769. The average Bonchev–Trinajstić information content (AvgIpc) is 2.41. The molecule has 0 fully saturated rings. The third-order valence-corrected chi connectivity index (χ3v) is 2.95. The van der Waals surface area contributed by atoms with E-state index in [1.807, 2.05) is 0 Å². The molecular weight excluding hydrogens is 246 g/mol. The van der Waals surface area contributed by atoms with Crippen LogP contribution in [0.25, 0.3) is 21.9 Å². The van der Waals surface area contributed by atoms with Gasteiger partial charge in [-0.05, 0) is 18.2 Å². The molecule has 0 saturated carbocycles. The summed E-state index contributed by atoms with van der Waals surface area (Å²) in [6.07, 6.45) is 2.84. The van der Waals surface area contributed by atoms with Gasteiger partial charge in [-0.2, -0.15) is 0 Å². The van der Waals surface area contributed by atoms with E-state index in [1.54, 1.807) is 24.4 Å². The summed E-state index contributed by atoms with van der Waals surface area (Å²) in [6, 6.07) is 5.14. The van der Waals surface area contributed by atoms with Crippen molar-refractivity contribution in [3.63, 3.8) is 0 Å². The Morgan fingerprint density at radius 3 is 2.95 bits per heavy atom. The van der Waals surface area contributed by atoms with E-state index in [9.17, 15) is 14.7 Å². The molecule has 6 nitrogen and oxygen atoms in total. The van der Waals surface area contributed by atoms with Crippen LogP contribution in [0.1, 0.15) is 10.4 Å². The van der Waals surface area contributed by atoms with Crippen molar-refractivity contribution in [3.8, 4) is 0 Å². The molecule has 0 aliphatic rings. The van der Waals surface area contributed by atoms with Crippen molar-refractivity contribution >= 4 is 27.9 Å². The van der Waals surface area contributed by atoms with Gasteiger partial charge in [0.1, 0.15) is 5.56 Å². The number of carboxylic acid groups (broad SMARTS) is 1. The molecule has 0 aromatic carbocycles. The summed E-state index contributed by atoms with van der Waals surface area (Å²) in [4.78, 5) is 31.6. The highest BCUT2D eigenvalue weighted by Crippen LogP contribution is 2.18. The molecule has 1 N–H and O–H groups in total. The van der Waals surface area contributed by atoms with Gasteiger partial charge in [-0.25, -0.2) is 14.8 Å². The van der Waals surface area contributed by atoms with Gasteiger partial charge in [0, 0.05) is 24.8 Å². The second-order valence-corrected chi connectivity index (χ2v) is 4.20. The van der Waals surface area contributed by atoms with E-state index < -0.39 is 5.97 Å². The molecule has 3 aromatic heterocycles. The normalized spacial score (nSPS) is 11.0. The average molecular weight is 255 g/mol. The van der Waals surface area contributed by atoms with Crippen LogP contribution in [-0.2, 0) is 7.05 Å². The minimum atomic E-state index is -1.12. The predicted octanol–water partition coefficient (Wildman–Crippen LogP) is 1.18. The van der Waals surface area contributed by atoms with E-state index in [1.165, 1.54) is 17.8 Å². The summed E-state index contributed by atoms with van der Waals surface area (Å²) >= 11 is 0. The van der Waals surface area contributed by atoms with E-state index in [-0.39, 0.29) is 22.0 Å². The number of pyridine rings is 3. The number of aryl methyl sites for hydroxylation is 1. The molecule has 3 rings (SSSR count). The van der Waals surface area contributed by atoms with Gasteiger partial charge in [-0.1, -0.05) is 0 Å². The number of hydrogen-bond acceptors (Lipinski definition) is 4. The fourth-order valence-corrected chi connectivity index (χ4v) is 2.03. The lowest BCUT2D eigenvalue weighted by Crippen LogP contribution is -2.19.